The molecule has 0 aliphatic heterocycles. The van der Waals surface area contributed by atoms with Gasteiger partial charge in [-0.05, 0) is 55.7 Å². The molecule has 0 aliphatic carbocycles. The fourth-order valence-electron chi connectivity index (χ4n) is 4.39. The van der Waals surface area contributed by atoms with Gasteiger partial charge >= 0.3 is 0 Å². The average Bonchev–Trinajstić information content (AvgIpc) is 2.90. The largest absolute Gasteiger partial charge is 0.493 e. The predicted octanol–water partition coefficient (Wildman–Crippen LogP) is 5.53. The number of thiocarbonyl (C=S) groups is 1. The van der Waals surface area contributed by atoms with Crippen LogP contribution in [0.4, 0.5) is 0 Å². The molecule has 37 heavy (non-hydrogen) atoms. The molecule has 0 saturated heterocycles. The van der Waals surface area contributed by atoms with Crippen LogP contribution in [-0.4, -0.2) is 35.8 Å². The van der Waals surface area contributed by atoms with Crippen molar-refractivity contribution in [2.75, 3.05) is 20.8 Å². The highest BCUT2D eigenvalue weighted by molar-refractivity contribution is 7.80. The topological polar surface area (TPSA) is 66.6 Å². The van der Waals surface area contributed by atoms with Crippen LogP contribution in [0.15, 0.2) is 77.6 Å². The number of aromatic nitrogens is 1. The van der Waals surface area contributed by atoms with Crippen LogP contribution in [0, 0.1) is 6.92 Å². The van der Waals surface area contributed by atoms with E-state index in [0.29, 0.717) is 40.8 Å². The average molecular weight is 516 g/mol. The quantitative estimate of drug-likeness (QED) is 0.286. The maximum Gasteiger partial charge on any atom is 0.253 e. The highest BCUT2D eigenvalue weighted by Crippen LogP contribution is 2.31. The molecule has 0 unspecified atom stereocenters. The van der Waals surface area contributed by atoms with Gasteiger partial charge in [0.15, 0.2) is 16.6 Å². The number of nitrogens with one attached hydrogen (secondary N) is 2. The van der Waals surface area contributed by atoms with Crippen molar-refractivity contribution in [2.24, 2.45) is 0 Å². The molecule has 4 rings (SSSR count). The van der Waals surface area contributed by atoms with Gasteiger partial charge in [-0.3, -0.25) is 4.79 Å². The van der Waals surface area contributed by atoms with E-state index in [1.807, 2.05) is 30.3 Å². The summed E-state index contributed by atoms with van der Waals surface area (Å²) in [7, 11) is 3.17. The van der Waals surface area contributed by atoms with Crippen molar-refractivity contribution in [1.29, 1.82) is 0 Å². The molecule has 0 bridgehead atoms. The molecule has 3 aromatic carbocycles. The van der Waals surface area contributed by atoms with Gasteiger partial charge in [-0.2, -0.15) is 0 Å². The molecule has 0 fully saturated rings. The second-order valence-corrected chi connectivity index (χ2v) is 9.55. The lowest BCUT2D eigenvalue weighted by Gasteiger charge is -2.28. The molecular weight excluding hydrogens is 482 g/mol. The van der Waals surface area contributed by atoms with Crippen molar-refractivity contribution in [1.82, 2.24) is 15.2 Å². The minimum absolute atomic E-state index is 0.0294. The van der Waals surface area contributed by atoms with E-state index in [9.17, 15) is 4.79 Å². The zero-order chi connectivity index (χ0) is 26.4. The van der Waals surface area contributed by atoms with Crippen molar-refractivity contribution in [3.05, 3.63) is 105 Å². The molecule has 4 aromatic rings. The third-order valence-corrected chi connectivity index (χ3v) is 6.84. The molecule has 0 saturated carbocycles. The first-order chi connectivity index (χ1) is 17.9. The maximum absolute atomic E-state index is 13.1. The second kappa shape index (κ2) is 11.9. The fraction of sp³-hybridized carbons (Fsp3) is 0.267. The van der Waals surface area contributed by atoms with Crippen LogP contribution in [0.5, 0.6) is 11.5 Å². The number of aryl methyl sites for hydroxylation is 1. The number of hydrogen-bond donors (Lipinski definition) is 2. The van der Waals surface area contributed by atoms with Gasteiger partial charge in [0, 0.05) is 23.6 Å². The number of nitrogens with zero attached hydrogens (tertiary/aromatic N) is 1. The molecule has 0 radical (unpaired) electrons. The standard InChI is InChI=1S/C30H33N3O3S/c1-20-9-8-10-22(15-20)13-14-33(30(37)31-21(2)23-11-6-5-7-12-23)19-25-16-24-17-27(35-3)28(36-4)18-26(24)32-29(25)34/h5-12,15-18,21H,13-14,19H2,1-4H3,(H,31,37)(H,32,34)/t21-/m0/s1. The zero-order valence-electron chi connectivity index (χ0n) is 21.7. The Balaban J connectivity index is 1.62. The van der Waals surface area contributed by atoms with Gasteiger partial charge in [0.1, 0.15) is 0 Å². The third-order valence-electron chi connectivity index (χ3n) is 6.47. The summed E-state index contributed by atoms with van der Waals surface area (Å²) in [6, 6.07) is 24.2. The molecule has 0 spiro atoms. The molecule has 1 heterocycles. The Labute approximate surface area is 223 Å². The molecule has 7 heteroatoms. The SMILES string of the molecule is COc1cc2cc(CN(CCc3cccc(C)c3)C(=S)N[C@@H](C)c3ccccc3)c(=O)[nH]c2cc1OC. The van der Waals surface area contributed by atoms with E-state index in [1.54, 1.807) is 20.3 Å². The van der Waals surface area contributed by atoms with Crippen LogP contribution in [0.25, 0.3) is 10.9 Å². The second-order valence-electron chi connectivity index (χ2n) is 9.16. The monoisotopic (exact) mass is 515 g/mol. The van der Waals surface area contributed by atoms with Crippen LogP contribution >= 0.6 is 12.2 Å². The van der Waals surface area contributed by atoms with E-state index in [2.05, 4.69) is 65.4 Å². The molecular formula is C30H33N3O3S. The number of ether oxygens (including phenoxy) is 2. The highest BCUT2D eigenvalue weighted by Gasteiger charge is 2.17. The third kappa shape index (κ3) is 6.49. The van der Waals surface area contributed by atoms with Crippen LogP contribution in [-0.2, 0) is 13.0 Å². The lowest BCUT2D eigenvalue weighted by molar-refractivity contribution is 0.355. The van der Waals surface area contributed by atoms with E-state index < -0.39 is 0 Å². The lowest BCUT2D eigenvalue weighted by atomic mass is 10.1. The molecule has 6 nitrogen and oxygen atoms in total. The van der Waals surface area contributed by atoms with Crippen molar-refractivity contribution in [2.45, 2.75) is 32.9 Å². The van der Waals surface area contributed by atoms with Gasteiger partial charge in [0.25, 0.3) is 5.56 Å². The van der Waals surface area contributed by atoms with Crippen LogP contribution in [0.2, 0.25) is 0 Å². The van der Waals surface area contributed by atoms with E-state index in [4.69, 9.17) is 21.7 Å². The highest BCUT2D eigenvalue weighted by atomic mass is 32.1. The van der Waals surface area contributed by atoms with E-state index in [0.717, 1.165) is 17.4 Å². The number of H-pyrrole nitrogens is 1. The van der Waals surface area contributed by atoms with Crippen molar-refractivity contribution in [3.63, 3.8) is 0 Å². The van der Waals surface area contributed by atoms with Crippen LogP contribution in [0.3, 0.4) is 0 Å². The smallest absolute Gasteiger partial charge is 0.253 e. The van der Waals surface area contributed by atoms with Gasteiger partial charge in [-0.1, -0.05) is 60.2 Å². The number of pyridine rings is 1. The summed E-state index contributed by atoms with van der Waals surface area (Å²) in [6.07, 6.45) is 0.805. The Kier molecular flexibility index (Phi) is 8.46. The predicted molar refractivity (Wildman–Crippen MR) is 154 cm³/mol. The summed E-state index contributed by atoms with van der Waals surface area (Å²) in [4.78, 5) is 18.1. The molecule has 1 aromatic heterocycles. The fourth-order valence-corrected chi connectivity index (χ4v) is 4.72. The molecule has 1 atom stereocenters. The number of hydrogen-bond acceptors (Lipinski definition) is 4. The summed E-state index contributed by atoms with van der Waals surface area (Å²) >= 11 is 5.87. The molecule has 192 valence electrons. The summed E-state index contributed by atoms with van der Waals surface area (Å²) in [5, 5.41) is 4.93. The summed E-state index contributed by atoms with van der Waals surface area (Å²) < 4.78 is 10.8. The van der Waals surface area contributed by atoms with E-state index in [1.165, 1.54) is 11.1 Å². The number of fused-ring (bicyclic) bond motifs is 1. The lowest BCUT2D eigenvalue weighted by Crippen LogP contribution is -2.42. The molecule has 2 N–H and O–H groups in total. The first-order valence-corrected chi connectivity index (χ1v) is 12.7. The van der Waals surface area contributed by atoms with E-state index in [-0.39, 0.29) is 11.6 Å². The zero-order valence-corrected chi connectivity index (χ0v) is 22.5. The Morgan fingerprint density at radius 1 is 1.00 bits per heavy atom. The first-order valence-electron chi connectivity index (χ1n) is 12.3. The summed E-state index contributed by atoms with van der Waals surface area (Å²) in [6.45, 7) is 5.22. The molecule has 0 amide bonds. The van der Waals surface area contributed by atoms with Crippen molar-refractivity contribution in [3.8, 4) is 11.5 Å². The minimum Gasteiger partial charge on any atom is -0.493 e. The molecule has 0 aliphatic rings. The van der Waals surface area contributed by atoms with Gasteiger partial charge < -0.3 is 24.7 Å². The normalized spacial score (nSPS) is 11.7. The maximum atomic E-state index is 13.1. The van der Waals surface area contributed by atoms with Crippen LogP contribution < -0.4 is 20.3 Å². The van der Waals surface area contributed by atoms with Gasteiger partial charge in [-0.15, -0.1) is 0 Å². The van der Waals surface area contributed by atoms with Gasteiger partial charge in [0.05, 0.1) is 32.3 Å². The van der Waals surface area contributed by atoms with Gasteiger partial charge in [-0.25, -0.2) is 0 Å². The minimum atomic E-state index is -0.154. The Morgan fingerprint density at radius 3 is 2.43 bits per heavy atom. The number of rotatable bonds is 9. The number of methoxy groups -OCH3 is 2. The Morgan fingerprint density at radius 2 is 1.73 bits per heavy atom. The Bertz CT molecular complexity index is 1440. The summed E-state index contributed by atoms with van der Waals surface area (Å²) in [5.74, 6) is 1.18. The van der Waals surface area contributed by atoms with E-state index >= 15 is 0 Å². The van der Waals surface area contributed by atoms with Gasteiger partial charge in [0.2, 0.25) is 0 Å². The number of benzene rings is 3. The first kappa shape index (κ1) is 26.2. The van der Waals surface area contributed by atoms with Crippen LogP contribution in [0.1, 0.15) is 35.2 Å². The number of aromatic amines is 1. The van der Waals surface area contributed by atoms with Crippen molar-refractivity contribution >= 4 is 28.2 Å². The van der Waals surface area contributed by atoms with Crippen molar-refractivity contribution < 1.29 is 9.47 Å². The Hall–Kier alpha value is -3.84. The summed E-state index contributed by atoms with van der Waals surface area (Å²) in [5.41, 5.74) is 4.76.